The van der Waals surface area contributed by atoms with E-state index in [0.717, 1.165) is 6.07 Å². The highest BCUT2D eigenvalue weighted by atomic mass is 35.5. The largest absolute Gasteiger partial charge is 0.494 e. The molecule has 9 heteroatoms. The Hall–Kier alpha value is -2.45. The summed E-state index contributed by atoms with van der Waals surface area (Å²) >= 11 is 7.22. The van der Waals surface area contributed by atoms with Crippen molar-refractivity contribution >= 4 is 39.7 Å². The molecular formula is C15H10ClFN2O4S. The molecule has 24 heavy (non-hydrogen) atoms. The molecule has 0 N–H and O–H groups in total. The molecule has 0 radical (unpaired) electrons. The van der Waals surface area contributed by atoms with Crippen LogP contribution < -0.4 is 4.74 Å². The number of benzene rings is 1. The van der Waals surface area contributed by atoms with Gasteiger partial charge in [-0.3, -0.25) is 9.20 Å². The number of ketones is 1. The summed E-state index contributed by atoms with van der Waals surface area (Å²) in [5.74, 6) is -1.98. The Kier molecular flexibility index (Phi) is 4.50. The Morgan fingerprint density at radius 2 is 2.21 bits per heavy atom. The fourth-order valence-electron chi connectivity index (χ4n) is 2.06. The van der Waals surface area contributed by atoms with Crippen molar-refractivity contribution < 1.29 is 23.5 Å². The number of carbonyl (C=O) groups is 2. The first-order valence-electron chi connectivity index (χ1n) is 6.66. The minimum Gasteiger partial charge on any atom is -0.494 e. The molecule has 0 fully saturated rings. The third-order valence-corrected chi connectivity index (χ3v) is 4.24. The second kappa shape index (κ2) is 6.58. The Morgan fingerprint density at radius 3 is 2.92 bits per heavy atom. The number of fused-ring (bicyclic) bond motifs is 1. The standard InChI is InChI=1S/C15H10ClFN2O4S/c1-22-11-3-2-8(6-9(11)17)10(20)7-23-14(21)12-13(16)18-15-19(12)4-5-24-15/h2-6H,7H2,1H3. The van der Waals surface area contributed by atoms with E-state index in [1.54, 1.807) is 11.6 Å². The van der Waals surface area contributed by atoms with Crippen LogP contribution >= 0.6 is 22.9 Å². The molecule has 1 aromatic carbocycles. The van der Waals surface area contributed by atoms with Crippen molar-refractivity contribution in [1.29, 1.82) is 0 Å². The van der Waals surface area contributed by atoms with Crippen LogP contribution in [-0.4, -0.2) is 34.9 Å². The molecule has 3 rings (SSSR count). The highest BCUT2D eigenvalue weighted by molar-refractivity contribution is 7.15. The number of thiazole rings is 1. The van der Waals surface area contributed by atoms with Gasteiger partial charge in [0.05, 0.1) is 7.11 Å². The molecule has 0 aliphatic carbocycles. The number of hydrogen-bond acceptors (Lipinski definition) is 6. The fraction of sp³-hybridized carbons (Fsp3) is 0.133. The second-order valence-corrected chi connectivity index (χ2v) is 5.89. The summed E-state index contributed by atoms with van der Waals surface area (Å²) in [6.07, 6.45) is 1.62. The maximum atomic E-state index is 13.6. The van der Waals surface area contributed by atoms with Gasteiger partial charge < -0.3 is 9.47 Å². The molecule has 3 aromatic rings. The van der Waals surface area contributed by atoms with Gasteiger partial charge in [0.1, 0.15) is 0 Å². The van der Waals surface area contributed by atoms with Gasteiger partial charge in [0.2, 0.25) is 0 Å². The molecule has 0 saturated heterocycles. The van der Waals surface area contributed by atoms with Gasteiger partial charge >= 0.3 is 5.97 Å². The molecule has 0 amide bonds. The number of hydrogen-bond donors (Lipinski definition) is 0. The van der Waals surface area contributed by atoms with E-state index in [-0.39, 0.29) is 22.2 Å². The number of carbonyl (C=O) groups excluding carboxylic acids is 2. The summed E-state index contributed by atoms with van der Waals surface area (Å²) in [4.78, 5) is 28.7. The first kappa shape index (κ1) is 16.4. The average molecular weight is 369 g/mol. The van der Waals surface area contributed by atoms with E-state index in [1.165, 1.54) is 35.0 Å². The van der Waals surface area contributed by atoms with E-state index in [2.05, 4.69) is 4.98 Å². The van der Waals surface area contributed by atoms with Crippen LogP contribution in [0, 0.1) is 5.82 Å². The van der Waals surface area contributed by atoms with E-state index in [0.29, 0.717) is 4.96 Å². The van der Waals surface area contributed by atoms with Crippen molar-refractivity contribution in [2.24, 2.45) is 0 Å². The number of esters is 1. The Bertz CT molecular complexity index is 937. The predicted molar refractivity (Wildman–Crippen MR) is 85.6 cm³/mol. The summed E-state index contributed by atoms with van der Waals surface area (Å²) < 4.78 is 24.8. The van der Waals surface area contributed by atoms with Gasteiger partial charge in [-0.2, -0.15) is 0 Å². The highest BCUT2D eigenvalue weighted by Crippen LogP contribution is 2.22. The highest BCUT2D eigenvalue weighted by Gasteiger charge is 2.21. The van der Waals surface area contributed by atoms with E-state index in [9.17, 15) is 14.0 Å². The van der Waals surface area contributed by atoms with Crippen molar-refractivity contribution in [3.05, 3.63) is 52.0 Å². The normalized spacial score (nSPS) is 10.8. The van der Waals surface area contributed by atoms with E-state index < -0.39 is 24.2 Å². The zero-order valence-corrected chi connectivity index (χ0v) is 13.9. The molecule has 124 valence electrons. The third kappa shape index (κ3) is 2.98. The quantitative estimate of drug-likeness (QED) is 0.511. The van der Waals surface area contributed by atoms with Crippen LogP contribution in [0.15, 0.2) is 29.8 Å². The summed E-state index contributed by atoms with van der Waals surface area (Å²) in [7, 11) is 1.32. The monoisotopic (exact) mass is 368 g/mol. The number of halogens is 2. The Morgan fingerprint density at radius 1 is 1.42 bits per heavy atom. The molecule has 0 bridgehead atoms. The third-order valence-electron chi connectivity index (χ3n) is 3.22. The zero-order valence-electron chi connectivity index (χ0n) is 12.3. The molecule has 0 aliphatic rings. The van der Waals surface area contributed by atoms with Gasteiger partial charge in [0.15, 0.2) is 39.8 Å². The van der Waals surface area contributed by atoms with Crippen LogP contribution in [0.25, 0.3) is 4.96 Å². The summed E-state index contributed by atoms with van der Waals surface area (Å²) in [6.45, 7) is -0.543. The molecule has 0 spiro atoms. The zero-order chi connectivity index (χ0) is 17.3. The SMILES string of the molecule is COc1ccc(C(=O)COC(=O)c2c(Cl)nc3sccn23)cc1F. The minimum atomic E-state index is -0.784. The van der Waals surface area contributed by atoms with Crippen LogP contribution in [0.3, 0.4) is 0 Å². The van der Waals surface area contributed by atoms with Crippen LogP contribution in [0.2, 0.25) is 5.15 Å². The molecular weight excluding hydrogens is 359 g/mol. The van der Waals surface area contributed by atoms with Crippen molar-refractivity contribution in [3.8, 4) is 5.75 Å². The summed E-state index contributed by atoms with van der Waals surface area (Å²) in [5, 5.41) is 1.73. The second-order valence-electron chi connectivity index (χ2n) is 4.66. The molecule has 0 aliphatic heterocycles. The number of nitrogens with zero attached hydrogens (tertiary/aromatic N) is 2. The van der Waals surface area contributed by atoms with Crippen molar-refractivity contribution in [3.63, 3.8) is 0 Å². The lowest BCUT2D eigenvalue weighted by molar-refractivity contribution is 0.0468. The van der Waals surface area contributed by atoms with Crippen LogP contribution in [-0.2, 0) is 4.74 Å². The molecule has 0 unspecified atom stereocenters. The Balaban J connectivity index is 1.72. The number of methoxy groups -OCH3 is 1. The van der Waals surface area contributed by atoms with Crippen LogP contribution in [0.1, 0.15) is 20.8 Å². The lowest BCUT2D eigenvalue weighted by atomic mass is 10.1. The van der Waals surface area contributed by atoms with E-state index in [4.69, 9.17) is 21.1 Å². The number of ether oxygens (including phenoxy) is 2. The summed E-state index contributed by atoms with van der Waals surface area (Å²) in [6, 6.07) is 3.74. The molecule has 0 atom stereocenters. The minimum absolute atomic E-state index is 0.00482. The lowest BCUT2D eigenvalue weighted by Crippen LogP contribution is -2.16. The van der Waals surface area contributed by atoms with E-state index in [1.807, 2.05) is 0 Å². The average Bonchev–Trinajstić information content (AvgIpc) is 3.12. The first-order chi connectivity index (χ1) is 11.5. The van der Waals surface area contributed by atoms with Gasteiger partial charge in [-0.1, -0.05) is 11.6 Å². The number of imidazole rings is 1. The number of rotatable bonds is 5. The van der Waals surface area contributed by atoms with Crippen molar-refractivity contribution in [2.45, 2.75) is 0 Å². The van der Waals surface area contributed by atoms with Gasteiger partial charge in [0, 0.05) is 17.1 Å². The van der Waals surface area contributed by atoms with Gasteiger partial charge in [-0.25, -0.2) is 14.2 Å². The molecule has 6 nitrogen and oxygen atoms in total. The van der Waals surface area contributed by atoms with Gasteiger partial charge in [0.25, 0.3) is 0 Å². The van der Waals surface area contributed by atoms with Crippen molar-refractivity contribution in [1.82, 2.24) is 9.38 Å². The number of Topliss-reactive ketones (excluding diaryl/α,β-unsaturated/α-hetero) is 1. The smallest absolute Gasteiger partial charge is 0.359 e. The lowest BCUT2D eigenvalue weighted by Gasteiger charge is -2.06. The molecule has 2 aromatic heterocycles. The predicted octanol–water partition coefficient (Wildman–Crippen LogP) is 3.24. The van der Waals surface area contributed by atoms with E-state index >= 15 is 0 Å². The number of aromatic nitrogens is 2. The molecule has 2 heterocycles. The van der Waals surface area contributed by atoms with Gasteiger partial charge in [-0.15, -0.1) is 11.3 Å². The van der Waals surface area contributed by atoms with Crippen LogP contribution in [0.5, 0.6) is 5.75 Å². The fourth-order valence-corrected chi connectivity index (χ4v) is 3.08. The topological polar surface area (TPSA) is 69.9 Å². The molecule has 0 saturated carbocycles. The first-order valence-corrected chi connectivity index (χ1v) is 7.92. The van der Waals surface area contributed by atoms with Crippen LogP contribution in [0.4, 0.5) is 4.39 Å². The van der Waals surface area contributed by atoms with Crippen molar-refractivity contribution in [2.75, 3.05) is 13.7 Å². The summed E-state index contributed by atoms with van der Waals surface area (Å²) in [5.41, 5.74) is 0.114. The maximum absolute atomic E-state index is 13.6. The maximum Gasteiger partial charge on any atom is 0.359 e. The Labute approximate surface area is 144 Å². The van der Waals surface area contributed by atoms with Gasteiger partial charge in [-0.05, 0) is 18.2 Å².